The third-order valence-electron chi connectivity index (χ3n) is 3.76. The molecule has 0 spiro atoms. The molecule has 0 bridgehead atoms. The number of carbonyl (C=O) groups excluding carboxylic acids is 1. The SMILES string of the molecule is CC(C)(C)OC=O.CC1CCC(c2ccc(Br)cc2)CC1. The Kier molecular flexibility index (Phi) is 7.44. The fraction of sp³-hybridized carbons (Fsp3) is 0.611. The van der Waals surface area contributed by atoms with E-state index in [-0.39, 0.29) is 5.60 Å². The fourth-order valence-electron chi connectivity index (χ4n) is 2.47. The Labute approximate surface area is 137 Å². The summed E-state index contributed by atoms with van der Waals surface area (Å²) in [5, 5.41) is 0. The summed E-state index contributed by atoms with van der Waals surface area (Å²) in [6, 6.07) is 8.86. The molecule has 2 nitrogen and oxygen atoms in total. The third kappa shape index (κ3) is 7.66. The van der Waals surface area contributed by atoms with E-state index in [0.29, 0.717) is 6.47 Å². The Morgan fingerprint density at radius 1 is 1.10 bits per heavy atom. The van der Waals surface area contributed by atoms with Crippen molar-refractivity contribution < 1.29 is 9.53 Å². The second kappa shape index (κ2) is 8.57. The minimum absolute atomic E-state index is 0.318. The summed E-state index contributed by atoms with van der Waals surface area (Å²) in [5.41, 5.74) is 1.21. The largest absolute Gasteiger partial charge is 0.462 e. The maximum atomic E-state index is 9.60. The fourth-order valence-corrected chi connectivity index (χ4v) is 2.74. The zero-order chi connectivity index (χ0) is 15.9. The normalized spacial score (nSPS) is 22.0. The van der Waals surface area contributed by atoms with Gasteiger partial charge in [0.25, 0.3) is 6.47 Å². The van der Waals surface area contributed by atoms with Crippen LogP contribution in [0.25, 0.3) is 0 Å². The van der Waals surface area contributed by atoms with Crippen LogP contribution in [0.15, 0.2) is 28.7 Å². The summed E-state index contributed by atoms with van der Waals surface area (Å²) in [6.07, 6.45) is 5.56. The maximum Gasteiger partial charge on any atom is 0.293 e. The van der Waals surface area contributed by atoms with Crippen LogP contribution in [0.4, 0.5) is 0 Å². The van der Waals surface area contributed by atoms with Crippen molar-refractivity contribution in [1.82, 2.24) is 0 Å². The van der Waals surface area contributed by atoms with Crippen LogP contribution in [0.1, 0.15) is 64.9 Å². The monoisotopic (exact) mass is 354 g/mol. The average molecular weight is 355 g/mol. The quantitative estimate of drug-likeness (QED) is 0.636. The number of hydrogen-bond acceptors (Lipinski definition) is 2. The highest BCUT2D eigenvalue weighted by atomic mass is 79.9. The van der Waals surface area contributed by atoms with Gasteiger partial charge >= 0.3 is 0 Å². The highest BCUT2D eigenvalue weighted by molar-refractivity contribution is 9.10. The van der Waals surface area contributed by atoms with Crippen LogP contribution in [-0.2, 0) is 9.53 Å². The van der Waals surface area contributed by atoms with Crippen LogP contribution in [-0.4, -0.2) is 12.1 Å². The van der Waals surface area contributed by atoms with Gasteiger partial charge in [-0.15, -0.1) is 0 Å². The maximum absolute atomic E-state index is 9.60. The first-order valence-electron chi connectivity index (χ1n) is 7.68. The second-order valence-corrected chi connectivity index (χ2v) is 7.75. The first-order valence-corrected chi connectivity index (χ1v) is 8.48. The van der Waals surface area contributed by atoms with Crippen molar-refractivity contribution >= 4 is 22.4 Å². The highest BCUT2D eigenvalue weighted by Crippen LogP contribution is 2.35. The Balaban J connectivity index is 0.000000270. The number of ether oxygens (including phenoxy) is 1. The van der Waals surface area contributed by atoms with Gasteiger partial charge in [0.15, 0.2) is 0 Å². The molecule has 0 radical (unpaired) electrons. The molecule has 0 saturated heterocycles. The minimum atomic E-state index is -0.318. The van der Waals surface area contributed by atoms with Crippen LogP contribution in [0.3, 0.4) is 0 Å². The van der Waals surface area contributed by atoms with Crippen LogP contribution < -0.4 is 0 Å². The molecule has 0 unspecified atom stereocenters. The summed E-state index contributed by atoms with van der Waals surface area (Å²) in [6.45, 7) is 8.29. The first kappa shape index (κ1) is 18.2. The van der Waals surface area contributed by atoms with E-state index in [2.05, 4.69) is 51.9 Å². The van der Waals surface area contributed by atoms with Crippen LogP contribution in [0.5, 0.6) is 0 Å². The molecule has 1 aromatic rings. The lowest BCUT2D eigenvalue weighted by molar-refractivity contribution is -0.138. The van der Waals surface area contributed by atoms with Gasteiger partial charge in [0.1, 0.15) is 5.60 Å². The van der Waals surface area contributed by atoms with E-state index >= 15 is 0 Å². The second-order valence-electron chi connectivity index (χ2n) is 6.83. The molecular weight excluding hydrogens is 328 g/mol. The van der Waals surface area contributed by atoms with Crippen molar-refractivity contribution in [2.45, 2.75) is 64.9 Å². The summed E-state index contributed by atoms with van der Waals surface area (Å²) in [5.74, 6) is 1.76. The molecule has 0 heterocycles. The van der Waals surface area contributed by atoms with Gasteiger partial charge in [-0.1, -0.05) is 47.8 Å². The molecule has 1 aliphatic rings. The third-order valence-corrected chi connectivity index (χ3v) is 4.29. The van der Waals surface area contributed by atoms with Gasteiger partial charge in [-0.05, 0) is 63.1 Å². The van der Waals surface area contributed by atoms with Crippen LogP contribution >= 0.6 is 15.9 Å². The average Bonchev–Trinajstić information content (AvgIpc) is 2.40. The number of halogens is 1. The first-order chi connectivity index (χ1) is 9.81. The van der Waals surface area contributed by atoms with E-state index < -0.39 is 0 Å². The van der Waals surface area contributed by atoms with Gasteiger partial charge in [-0.25, -0.2) is 0 Å². The lowest BCUT2D eigenvalue weighted by atomic mass is 9.79. The predicted molar refractivity (Wildman–Crippen MR) is 91.4 cm³/mol. The molecule has 0 N–H and O–H groups in total. The molecule has 21 heavy (non-hydrogen) atoms. The van der Waals surface area contributed by atoms with Gasteiger partial charge < -0.3 is 4.74 Å². The number of rotatable bonds is 2. The molecule has 3 heteroatoms. The topological polar surface area (TPSA) is 26.3 Å². The van der Waals surface area contributed by atoms with Crippen molar-refractivity contribution in [3.63, 3.8) is 0 Å². The van der Waals surface area contributed by atoms with E-state index in [1.54, 1.807) is 0 Å². The summed E-state index contributed by atoms with van der Waals surface area (Å²) in [4.78, 5) is 9.60. The molecule has 0 amide bonds. The van der Waals surface area contributed by atoms with Crippen molar-refractivity contribution in [1.29, 1.82) is 0 Å². The van der Waals surface area contributed by atoms with Crippen LogP contribution in [0.2, 0.25) is 0 Å². The standard InChI is InChI=1S/C13H17Br.C5H10O2/c1-10-2-4-11(5-3-10)12-6-8-13(14)9-7-12;1-5(2,3)7-4-6/h6-11H,2-5H2,1H3;4H,1-3H3. The minimum Gasteiger partial charge on any atom is -0.462 e. The molecule has 0 atom stereocenters. The number of benzene rings is 1. The molecule has 118 valence electrons. The Morgan fingerprint density at radius 2 is 1.62 bits per heavy atom. The van der Waals surface area contributed by atoms with E-state index in [0.717, 1.165) is 11.8 Å². The molecule has 0 aliphatic heterocycles. The Morgan fingerprint density at radius 3 is 2.00 bits per heavy atom. The number of hydrogen-bond donors (Lipinski definition) is 0. The summed E-state index contributed by atoms with van der Waals surface area (Å²) in [7, 11) is 0. The summed E-state index contributed by atoms with van der Waals surface area (Å²) < 4.78 is 5.73. The predicted octanol–water partition coefficient (Wildman–Crippen LogP) is 5.70. The van der Waals surface area contributed by atoms with E-state index in [9.17, 15) is 4.79 Å². The zero-order valence-electron chi connectivity index (χ0n) is 13.6. The lowest BCUT2D eigenvalue weighted by Crippen LogP contribution is -2.17. The van der Waals surface area contributed by atoms with E-state index in [1.165, 1.54) is 35.7 Å². The van der Waals surface area contributed by atoms with Crippen molar-refractivity contribution in [3.8, 4) is 0 Å². The Bertz CT molecular complexity index is 412. The molecule has 1 aromatic carbocycles. The number of carbonyl (C=O) groups is 1. The summed E-state index contributed by atoms with van der Waals surface area (Å²) >= 11 is 3.48. The molecule has 1 saturated carbocycles. The smallest absolute Gasteiger partial charge is 0.293 e. The highest BCUT2D eigenvalue weighted by Gasteiger charge is 2.19. The van der Waals surface area contributed by atoms with Crippen LogP contribution in [0, 0.1) is 5.92 Å². The lowest BCUT2D eigenvalue weighted by Gasteiger charge is -2.26. The Hall–Kier alpha value is -0.830. The molecule has 1 aliphatic carbocycles. The van der Waals surface area contributed by atoms with Gasteiger partial charge in [0, 0.05) is 4.47 Å². The van der Waals surface area contributed by atoms with E-state index in [4.69, 9.17) is 0 Å². The molecular formula is C18H27BrO2. The van der Waals surface area contributed by atoms with Crippen molar-refractivity contribution in [2.24, 2.45) is 5.92 Å². The van der Waals surface area contributed by atoms with E-state index in [1.807, 2.05) is 20.8 Å². The van der Waals surface area contributed by atoms with Gasteiger partial charge in [0.05, 0.1) is 0 Å². The van der Waals surface area contributed by atoms with Crippen molar-refractivity contribution in [2.75, 3.05) is 0 Å². The molecule has 2 rings (SSSR count). The van der Waals surface area contributed by atoms with Gasteiger partial charge in [-0.3, -0.25) is 4.79 Å². The van der Waals surface area contributed by atoms with Gasteiger partial charge in [-0.2, -0.15) is 0 Å². The van der Waals surface area contributed by atoms with Gasteiger partial charge in [0.2, 0.25) is 0 Å². The molecule has 1 fully saturated rings. The molecule has 0 aromatic heterocycles. The zero-order valence-corrected chi connectivity index (χ0v) is 15.2. The van der Waals surface area contributed by atoms with Crippen molar-refractivity contribution in [3.05, 3.63) is 34.3 Å².